The second-order valence-electron chi connectivity index (χ2n) is 3.18. The smallest absolute Gasteiger partial charge is 0.167 e. The normalized spacial score (nSPS) is 12.6. The van der Waals surface area contributed by atoms with E-state index in [1.54, 1.807) is 42.5 Å². The van der Waals surface area contributed by atoms with Crippen molar-refractivity contribution >= 4 is 22.9 Å². The molecule has 0 aromatic heterocycles. The van der Waals surface area contributed by atoms with Crippen molar-refractivity contribution in [2.75, 3.05) is 0 Å². The van der Waals surface area contributed by atoms with Crippen molar-refractivity contribution in [1.29, 1.82) is 0 Å². The van der Waals surface area contributed by atoms with Gasteiger partial charge < -0.3 is 0 Å². The zero-order valence-electron chi connectivity index (χ0n) is 8.82. The molecule has 88 valence electrons. The summed E-state index contributed by atoms with van der Waals surface area (Å²) in [5, 5.41) is 0. The van der Waals surface area contributed by atoms with Gasteiger partial charge in [0.1, 0.15) is 0 Å². The van der Waals surface area contributed by atoms with Gasteiger partial charge in [0.2, 0.25) is 0 Å². The average Bonchev–Trinajstić information content (AvgIpc) is 2.40. The van der Waals surface area contributed by atoms with E-state index in [-0.39, 0.29) is 3.93 Å². The molecule has 17 heavy (non-hydrogen) atoms. The lowest BCUT2D eigenvalue weighted by molar-refractivity contribution is 0.289. The largest absolute Gasteiger partial charge is 0.234 e. The quantitative estimate of drug-likeness (QED) is 0.623. The zero-order chi connectivity index (χ0) is 12.1. The van der Waals surface area contributed by atoms with Crippen LogP contribution in [0.25, 0.3) is 0 Å². The molecular formula is C12H10FNOS2. The van der Waals surface area contributed by atoms with E-state index in [1.165, 1.54) is 0 Å². The van der Waals surface area contributed by atoms with E-state index in [0.29, 0.717) is 9.79 Å². The minimum absolute atomic E-state index is 0.255. The van der Waals surface area contributed by atoms with E-state index in [4.69, 9.17) is 0 Å². The predicted molar refractivity (Wildman–Crippen MR) is 68.1 cm³/mol. The fraction of sp³-hybridized carbons (Fsp3) is 0. The molecule has 0 aliphatic rings. The highest BCUT2D eigenvalue weighted by Crippen LogP contribution is 2.26. The van der Waals surface area contributed by atoms with E-state index in [1.807, 2.05) is 18.2 Å². The summed E-state index contributed by atoms with van der Waals surface area (Å²) in [5.41, 5.74) is 0. The van der Waals surface area contributed by atoms with Crippen molar-refractivity contribution in [1.82, 2.24) is 3.93 Å². The first-order valence-electron chi connectivity index (χ1n) is 4.93. The fourth-order valence-corrected chi connectivity index (χ4v) is 3.01. The summed E-state index contributed by atoms with van der Waals surface area (Å²) in [4.78, 5) is 1.15. The van der Waals surface area contributed by atoms with Crippen molar-refractivity contribution in [2.24, 2.45) is 0 Å². The molecule has 2 aromatic rings. The third-order valence-electron chi connectivity index (χ3n) is 2.00. The Morgan fingerprint density at radius 1 is 0.941 bits per heavy atom. The van der Waals surface area contributed by atoms with Gasteiger partial charge in [0, 0.05) is 20.8 Å². The Morgan fingerprint density at radius 2 is 1.47 bits per heavy atom. The minimum Gasteiger partial charge on any atom is -0.234 e. The van der Waals surface area contributed by atoms with Crippen molar-refractivity contribution in [3.8, 4) is 0 Å². The molecule has 0 aliphatic heterocycles. The average molecular weight is 267 g/mol. The molecule has 5 heteroatoms. The highest BCUT2D eigenvalue weighted by atomic mass is 32.2. The highest BCUT2D eigenvalue weighted by molar-refractivity contribution is 8.06. The first-order chi connectivity index (χ1) is 8.27. The Kier molecular flexibility index (Phi) is 4.30. The first-order valence-corrected chi connectivity index (χ1v) is 6.81. The van der Waals surface area contributed by atoms with Crippen LogP contribution >= 0.6 is 11.9 Å². The molecular weight excluding hydrogens is 257 g/mol. The number of rotatable bonds is 4. The van der Waals surface area contributed by atoms with E-state index in [9.17, 15) is 8.69 Å². The van der Waals surface area contributed by atoms with Crippen LogP contribution in [0.15, 0.2) is 70.5 Å². The molecule has 0 saturated carbocycles. The highest BCUT2D eigenvalue weighted by Gasteiger charge is 2.15. The maximum atomic E-state index is 13.7. The van der Waals surface area contributed by atoms with Gasteiger partial charge in [0.15, 0.2) is 11.0 Å². The molecule has 0 spiro atoms. The second kappa shape index (κ2) is 5.95. The van der Waals surface area contributed by atoms with Crippen LogP contribution in [0.4, 0.5) is 4.48 Å². The van der Waals surface area contributed by atoms with Gasteiger partial charge in [-0.3, -0.25) is 0 Å². The van der Waals surface area contributed by atoms with Gasteiger partial charge in [-0.1, -0.05) is 36.4 Å². The lowest BCUT2D eigenvalue weighted by Crippen LogP contribution is -2.08. The number of hydrogen-bond donors (Lipinski definition) is 0. The molecule has 2 rings (SSSR count). The van der Waals surface area contributed by atoms with Crippen molar-refractivity contribution in [3.05, 3.63) is 60.7 Å². The lowest BCUT2D eigenvalue weighted by Gasteiger charge is -2.09. The first kappa shape index (κ1) is 12.3. The summed E-state index contributed by atoms with van der Waals surface area (Å²) >= 11 is 0.813. The number of hydrogen-bond acceptors (Lipinski definition) is 2. The van der Waals surface area contributed by atoms with Gasteiger partial charge >= 0.3 is 0 Å². The second-order valence-corrected chi connectivity index (χ2v) is 5.68. The topological polar surface area (TPSA) is 20.3 Å². The molecule has 1 unspecified atom stereocenters. The van der Waals surface area contributed by atoms with Crippen LogP contribution in [-0.2, 0) is 11.0 Å². The van der Waals surface area contributed by atoms with Gasteiger partial charge in [-0.25, -0.2) is 4.21 Å². The van der Waals surface area contributed by atoms with Crippen LogP contribution in [-0.4, -0.2) is 8.14 Å². The van der Waals surface area contributed by atoms with Crippen LogP contribution in [0, 0.1) is 0 Å². The minimum atomic E-state index is -1.80. The van der Waals surface area contributed by atoms with E-state index < -0.39 is 11.0 Å². The molecule has 0 radical (unpaired) electrons. The Labute approximate surface area is 106 Å². The molecule has 0 amide bonds. The molecule has 0 saturated heterocycles. The Bertz CT molecular complexity index is 492. The molecule has 0 aliphatic carbocycles. The van der Waals surface area contributed by atoms with Crippen LogP contribution < -0.4 is 0 Å². The molecule has 2 nitrogen and oxygen atoms in total. The van der Waals surface area contributed by atoms with Crippen molar-refractivity contribution in [3.63, 3.8) is 0 Å². The zero-order valence-corrected chi connectivity index (χ0v) is 10.5. The number of halogens is 1. The SMILES string of the molecule is O=S(c1ccccc1)N(F)Sc1ccccc1. The van der Waals surface area contributed by atoms with Gasteiger partial charge in [0.25, 0.3) is 0 Å². The Hall–Kier alpha value is -1.17. The van der Waals surface area contributed by atoms with E-state index in [2.05, 4.69) is 0 Å². The van der Waals surface area contributed by atoms with E-state index in [0.717, 1.165) is 11.9 Å². The maximum absolute atomic E-state index is 13.7. The molecule has 0 fully saturated rings. The van der Waals surface area contributed by atoms with Crippen LogP contribution in [0.2, 0.25) is 0 Å². The predicted octanol–water partition coefficient (Wildman–Crippen LogP) is 3.60. The number of benzene rings is 2. The molecule has 0 N–H and O–H groups in total. The maximum Gasteiger partial charge on any atom is 0.167 e. The van der Waals surface area contributed by atoms with Crippen molar-refractivity contribution < 1.29 is 8.69 Å². The molecule has 0 heterocycles. The summed E-state index contributed by atoms with van der Waals surface area (Å²) < 4.78 is 25.7. The van der Waals surface area contributed by atoms with Gasteiger partial charge in [-0.05, 0) is 24.3 Å². The van der Waals surface area contributed by atoms with Crippen LogP contribution in [0.3, 0.4) is 0 Å². The van der Waals surface area contributed by atoms with E-state index >= 15 is 0 Å². The summed E-state index contributed by atoms with van der Waals surface area (Å²) in [5.74, 6) is 0. The number of nitrogens with zero attached hydrogens (tertiary/aromatic N) is 1. The fourth-order valence-electron chi connectivity index (χ4n) is 1.22. The summed E-state index contributed by atoms with van der Waals surface area (Å²) in [7, 11) is -1.80. The molecule has 1 atom stereocenters. The molecule has 0 bridgehead atoms. The van der Waals surface area contributed by atoms with Crippen LogP contribution in [0.1, 0.15) is 0 Å². The van der Waals surface area contributed by atoms with Gasteiger partial charge in [-0.2, -0.15) is 0 Å². The summed E-state index contributed by atoms with van der Waals surface area (Å²) in [6.45, 7) is 0. The lowest BCUT2D eigenvalue weighted by atomic mass is 10.4. The summed E-state index contributed by atoms with van der Waals surface area (Å²) in [6.07, 6.45) is 0. The van der Waals surface area contributed by atoms with Gasteiger partial charge in [-0.15, -0.1) is 4.48 Å². The van der Waals surface area contributed by atoms with Gasteiger partial charge in [0.05, 0.1) is 4.90 Å². The Morgan fingerprint density at radius 3 is 2.06 bits per heavy atom. The Balaban J connectivity index is 2.06. The monoisotopic (exact) mass is 267 g/mol. The van der Waals surface area contributed by atoms with Crippen molar-refractivity contribution in [2.45, 2.75) is 9.79 Å². The van der Waals surface area contributed by atoms with Crippen LogP contribution in [0.5, 0.6) is 0 Å². The standard InChI is InChI=1S/C12H10FNOS2/c13-14(16-11-7-3-1-4-8-11)17(15)12-9-5-2-6-10-12/h1-10H. The summed E-state index contributed by atoms with van der Waals surface area (Å²) in [6, 6.07) is 17.5. The molecule has 2 aromatic carbocycles. The third-order valence-corrected chi connectivity index (χ3v) is 4.19. The third kappa shape index (κ3) is 3.39.